The van der Waals surface area contributed by atoms with Crippen molar-refractivity contribution >= 4 is 0 Å². The molecule has 0 aromatic rings. The van der Waals surface area contributed by atoms with Crippen molar-refractivity contribution in [3.05, 3.63) is 0 Å². The second-order valence-corrected chi connectivity index (χ2v) is 4.42. The molecule has 0 aliphatic carbocycles. The molecule has 0 unspecified atom stereocenters. The van der Waals surface area contributed by atoms with Crippen LogP contribution in [-0.2, 0) is 4.84 Å². The van der Waals surface area contributed by atoms with Gasteiger partial charge in [-0.1, -0.05) is 0 Å². The zero-order valence-corrected chi connectivity index (χ0v) is 8.67. The molecule has 0 aromatic heterocycles. The molecule has 2 heterocycles. The number of hydrogen-bond acceptors (Lipinski definition) is 4. The van der Waals surface area contributed by atoms with Crippen LogP contribution in [0.25, 0.3) is 0 Å². The van der Waals surface area contributed by atoms with Crippen molar-refractivity contribution in [1.29, 1.82) is 0 Å². The van der Waals surface area contributed by atoms with Gasteiger partial charge in [-0.15, -0.1) is 0 Å². The molecule has 2 fully saturated rings. The minimum Gasteiger partial charge on any atom is -0.394 e. The van der Waals surface area contributed by atoms with E-state index in [2.05, 4.69) is 5.32 Å². The Morgan fingerprint density at radius 1 is 1.29 bits per heavy atom. The van der Waals surface area contributed by atoms with Crippen LogP contribution in [0.2, 0.25) is 0 Å². The first-order chi connectivity index (χ1) is 6.85. The van der Waals surface area contributed by atoms with Crippen LogP contribution in [0.5, 0.6) is 0 Å². The molecule has 82 valence electrons. The van der Waals surface area contributed by atoms with Crippen LogP contribution in [0.3, 0.4) is 0 Å². The Morgan fingerprint density at radius 2 is 2.07 bits per heavy atom. The molecule has 1 spiro atoms. The minimum atomic E-state index is 0.116. The number of hydroxylamine groups is 2. The van der Waals surface area contributed by atoms with E-state index >= 15 is 0 Å². The van der Waals surface area contributed by atoms with Gasteiger partial charge in [0.05, 0.1) is 13.2 Å². The van der Waals surface area contributed by atoms with Gasteiger partial charge in [0.15, 0.2) is 0 Å². The molecule has 4 nitrogen and oxygen atoms in total. The normalized spacial score (nSPS) is 27.2. The van der Waals surface area contributed by atoms with Crippen LogP contribution in [-0.4, -0.2) is 49.6 Å². The van der Waals surface area contributed by atoms with Gasteiger partial charge in [-0.05, 0) is 37.8 Å². The van der Waals surface area contributed by atoms with Crippen molar-refractivity contribution < 1.29 is 9.94 Å². The van der Waals surface area contributed by atoms with E-state index in [1.54, 1.807) is 0 Å². The molecule has 14 heavy (non-hydrogen) atoms. The Morgan fingerprint density at radius 3 is 2.79 bits per heavy atom. The molecule has 2 saturated heterocycles. The van der Waals surface area contributed by atoms with E-state index in [4.69, 9.17) is 9.94 Å². The average Bonchev–Trinajstić information content (AvgIpc) is 2.60. The van der Waals surface area contributed by atoms with Gasteiger partial charge < -0.3 is 10.4 Å². The standard InChI is InChI=1S/C10H20N2O2/c13-7-8-14-12-6-3-10(9-12)1-4-11-5-2-10/h11,13H,1-9H2. The lowest BCUT2D eigenvalue weighted by Crippen LogP contribution is -2.38. The Bertz CT molecular complexity index is 181. The third-order valence-corrected chi connectivity index (χ3v) is 3.43. The summed E-state index contributed by atoms with van der Waals surface area (Å²) >= 11 is 0. The summed E-state index contributed by atoms with van der Waals surface area (Å²) in [6, 6.07) is 0. The van der Waals surface area contributed by atoms with Crippen LogP contribution in [0.4, 0.5) is 0 Å². The first kappa shape index (κ1) is 10.4. The molecule has 0 saturated carbocycles. The predicted molar refractivity (Wildman–Crippen MR) is 53.8 cm³/mol. The summed E-state index contributed by atoms with van der Waals surface area (Å²) in [6.07, 6.45) is 3.79. The summed E-state index contributed by atoms with van der Waals surface area (Å²) in [7, 11) is 0. The summed E-state index contributed by atoms with van der Waals surface area (Å²) in [5.41, 5.74) is 0.501. The van der Waals surface area contributed by atoms with Gasteiger partial charge >= 0.3 is 0 Å². The van der Waals surface area contributed by atoms with E-state index in [1.807, 2.05) is 5.06 Å². The molecule has 2 rings (SSSR count). The third kappa shape index (κ3) is 2.25. The molecule has 0 bridgehead atoms. The van der Waals surface area contributed by atoms with Crippen molar-refractivity contribution in [2.75, 3.05) is 39.4 Å². The maximum Gasteiger partial charge on any atom is 0.0916 e. The highest BCUT2D eigenvalue weighted by Crippen LogP contribution is 2.38. The summed E-state index contributed by atoms with van der Waals surface area (Å²) in [5, 5.41) is 14.1. The molecule has 2 N–H and O–H groups in total. The van der Waals surface area contributed by atoms with Gasteiger partial charge in [0.25, 0.3) is 0 Å². The number of aliphatic hydroxyl groups excluding tert-OH is 1. The molecule has 4 heteroatoms. The Balaban J connectivity index is 1.80. The average molecular weight is 200 g/mol. The Kier molecular flexibility index (Phi) is 3.38. The zero-order valence-electron chi connectivity index (χ0n) is 8.67. The van der Waals surface area contributed by atoms with E-state index in [9.17, 15) is 0 Å². The van der Waals surface area contributed by atoms with Gasteiger partial charge in [0.1, 0.15) is 0 Å². The van der Waals surface area contributed by atoms with Crippen LogP contribution in [0, 0.1) is 5.41 Å². The molecule has 0 aromatic carbocycles. The van der Waals surface area contributed by atoms with Crippen molar-refractivity contribution in [3.8, 4) is 0 Å². The first-order valence-electron chi connectivity index (χ1n) is 5.54. The number of aliphatic hydroxyl groups is 1. The molecule has 2 aliphatic heterocycles. The van der Waals surface area contributed by atoms with Crippen LogP contribution >= 0.6 is 0 Å². The van der Waals surface area contributed by atoms with Crippen LogP contribution in [0.1, 0.15) is 19.3 Å². The van der Waals surface area contributed by atoms with Crippen LogP contribution < -0.4 is 5.32 Å². The predicted octanol–water partition coefficient (Wildman–Crippen LogP) is -0.0142. The summed E-state index contributed by atoms with van der Waals surface area (Å²) in [6.45, 7) is 4.93. The van der Waals surface area contributed by atoms with E-state index in [-0.39, 0.29) is 6.61 Å². The van der Waals surface area contributed by atoms with E-state index in [1.165, 1.54) is 19.3 Å². The summed E-state index contributed by atoms with van der Waals surface area (Å²) in [4.78, 5) is 5.44. The van der Waals surface area contributed by atoms with Gasteiger partial charge in [0.2, 0.25) is 0 Å². The fourth-order valence-corrected chi connectivity index (χ4v) is 2.54. The van der Waals surface area contributed by atoms with Gasteiger partial charge in [-0.25, -0.2) is 0 Å². The SMILES string of the molecule is OCCON1CCC2(CCNCC2)C1. The topological polar surface area (TPSA) is 44.7 Å². The maximum atomic E-state index is 8.67. The lowest BCUT2D eigenvalue weighted by molar-refractivity contribution is -0.157. The smallest absolute Gasteiger partial charge is 0.0916 e. The fraction of sp³-hybridized carbons (Fsp3) is 1.00. The zero-order chi connectivity index (χ0) is 9.86. The maximum absolute atomic E-state index is 8.67. The Labute approximate surface area is 85.2 Å². The molecule has 2 aliphatic rings. The molecular weight excluding hydrogens is 180 g/mol. The van der Waals surface area contributed by atoms with E-state index in [0.717, 1.165) is 26.2 Å². The highest BCUT2D eigenvalue weighted by molar-refractivity contribution is 4.90. The highest BCUT2D eigenvalue weighted by atomic mass is 16.7. The van der Waals surface area contributed by atoms with Crippen molar-refractivity contribution in [2.45, 2.75) is 19.3 Å². The van der Waals surface area contributed by atoms with E-state index in [0.29, 0.717) is 12.0 Å². The highest BCUT2D eigenvalue weighted by Gasteiger charge is 2.39. The largest absolute Gasteiger partial charge is 0.394 e. The molecule has 0 atom stereocenters. The number of nitrogens with zero attached hydrogens (tertiary/aromatic N) is 1. The minimum absolute atomic E-state index is 0.116. The lowest BCUT2D eigenvalue weighted by Gasteiger charge is -2.33. The molecule has 0 radical (unpaired) electrons. The summed E-state index contributed by atoms with van der Waals surface area (Å²) < 4.78 is 0. The lowest BCUT2D eigenvalue weighted by atomic mass is 9.78. The van der Waals surface area contributed by atoms with Gasteiger partial charge in [-0.2, -0.15) is 5.06 Å². The Hall–Kier alpha value is -0.160. The number of nitrogens with one attached hydrogen (secondary N) is 1. The molecule has 0 amide bonds. The monoisotopic (exact) mass is 200 g/mol. The number of rotatable bonds is 3. The number of piperidine rings is 1. The fourth-order valence-electron chi connectivity index (χ4n) is 2.54. The quantitative estimate of drug-likeness (QED) is 0.672. The van der Waals surface area contributed by atoms with E-state index < -0.39 is 0 Å². The van der Waals surface area contributed by atoms with Gasteiger partial charge in [0, 0.05) is 13.1 Å². The molecular formula is C10H20N2O2. The second kappa shape index (κ2) is 4.57. The summed E-state index contributed by atoms with van der Waals surface area (Å²) in [5.74, 6) is 0. The second-order valence-electron chi connectivity index (χ2n) is 4.42. The third-order valence-electron chi connectivity index (χ3n) is 3.43. The van der Waals surface area contributed by atoms with Crippen LogP contribution in [0.15, 0.2) is 0 Å². The van der Waals surface area contributed by atoms with Gasteiger partial charge in [-0.3, -0.25) is 4.84 Å². The number of hydrogen-bond donors (Lipinski definition) is 2. The van der Waals surface area contributed by atoms with Crippen molar-refractivity contribution in [3.63, 3.8) is 0 Å². The van der Waals surface area contributed by atoms with Crippen molar-refractivity contribution in [2.24, 2.45) is 5.41 Å². The van der Waals surface area contributed by atoms with Crippen molar-refractivity contribution in [1.82, 2.24) is 10.4 Å². The first-order valence-corrected chi connectivity index (χ1v) is 5.54.